The molecule has 1 aliphatic rings. The Balaban J connectivity index is 1.84. The maximum atomic E-state index is 14.3. The van der Waals surface area contributed by atoms with Crippen LogP contribution in [0.3, 0.4) is 0 Å². The predicted octanol–water partition coefficient (Wildman–Crippen LogP) is 3.77. The zero-order valence-electron chi connectivity index (χ0n) is 29.6. The van der Waals surface area contributed by atoms with Gasteiger partial charge in [0, 0.05) is 14.1 Å². The fraction of sp³-hybridized carbons (Fsp3) is 0.485. The van der Waals surface area contributed by atoms with Crippen LogP contribution in [0, 0.1) is 23.2 Å². The molecule has 6 atom stereocenters. The van der Waals surface area contributed by atoms with Crippen molar-refractivity contribution in [1.29, 1.82) is 5.26 Å². The Morgan fingerprint density at radius 2 is 1.75 bits per heavy atom. The first-order valence-electron chi connectivity index (χ1n) is 16.0. The molecule has 1 fully saturated rings. The van der Waals surface area contributed by atoms with Crippen molar-refractivity contribution < 1.29 is 46.9 Å². The summed E-state index contributed by atoms with van der Waals surface area (Å²) >= 11 is 0. The number of nitrogens with one attached hydrogen (secondary N) is 1. The third kappa shape index (κ3) is 9.08. The summed E-state index contributed by atoms with van der Waals surface area (Å²) in [6.45, 7) is 6.92. The van der Waals surface area contributed by atoms with Gasteiger partial charge in [0.2, 0.25) is 5.60 Å². The first kappa shape index (κ1) is 38.9. The van der Waals surface area contributed by atoms with E-state index < -0.39 is 74.1 Å². The van der Waals surface area contributed by atoms with Crippen molar-refractivity contribution in [2.45, 2.75) is 64.6 Å². The van der Waals surface area contributed by atoms with Crippen LogP contribution < -0.4 is 9.61 Å². The lowest BCUT2D eigenvalue weighted by Gasteiger charge is -2.31. The molecule has 4 rings (SSSR count). The SMILES string of the molecule is COC(=O)[C@H](C)N[P@](=O)(OC[C@@]1(C#N)O[C@@H](c2ccc3c(/N=C/N(C)C)ncnn23)[C@H](OC(=O)C(C)C)[C@@H]1OC(=O)C(C)C)Oc1ccccc1. The van der Waals surface area contributed by atoms with Crippen molar-refractivity contribution in [3.05, 3.63) is 54.5 Å². The molecule has 2 aromatic heterocycles. The third-order valence-corrected chi connectivity index (χ3v) is 9.13. The molecule has 274 valence electrons. The summed E-state index contributed by atoms with van der Waals surface area (Å²) in [5.41, 5.74) is -1.52. The molecule has 3 aromatic rings. The van der Waals surface area contributed by atoms with E-state index in [0.29, 0.717) is 17.0 Å². The molecule has 51 heavy (non-hydrogen) atoms. The number of carbonyl (C=O) groups excluding carboxylic acids is 3. The monoisotopic (exact) mass is 727 g/mol. The molecular formula is C33H42N7O10P. The maximum absolute atomic E-state index is 14.3. The van der Waals surface area contributed by atoms with Gasteiger partial charge in [-0.15, -0.1) is 0 Å². The van der Waals surface area contributed by atoms with Crippen LogP contribution in [0.25, 0.3) is 5.52 Å². The van der Waals surface area contributed by atoms with Crippen LogP contribution in [0.4, 0.5) is 5.82 Å². The molecule has 0 amide bonds. The Labute approximate surface area is 295 Å². The van der Waals surface area contributed by atoms with Crippen molar-refractivity contribution in [3.63, 3.8) is 0 Å². The Hall–Kier alpha value is -4.88. The quantitative estimate of drug-likeness (QED) is 0.0778. The number of aromatic nitrogens is 3. The van der Waals surface area contributed by atoms with Gasteiger partial charge in [-0.05, 0) is 31.2 Å². The largest absolute Gasteiger partial charge is 0.468 e. The van der Waals surface area contributed by atoms with Crippen molar-refractivity contribution in [3.8, 4) is 11.8 Å². The maximum Gasteiger partial charge on any atom is 0.459 e. The second-order valence-electron chi connectivity index (χ2n) is 12.5. The van der Waals surface area contributed by atoms with Gasteiger partial charge in [-0.25, -0.2) is 19.1 Å². The third-order valence-electron chi connectivity index (χ3n) is 7.51. The number of ether oxygens (including phenoxy) is 4. The number of nitriles is 1. The number of hydrogen-bond acceptors (Lipinski definition) is 14. The smallest absolute Gasteiger partial charge is 0.459 e. The van der Waals surface area contributed by atoms with Gasteiger partial charge in [0.15, 0.2) is 18.0 Å². The lowest BCUT2D eigenvalue weighted by Crippen LogP contribution is -2.50. The number of rotatable bonds is 15. The number of carbonyl (C=O) groups is 3. The first-order valence-corrected chi connectivity index (χ1v) is 17.6. The van der Waals surface area contributed by atoms with E-state index in [0.717, 1.165) is 7.11 Å². The molecule has 1 saturated heterocycles. The van der Waals surface area contributed by atoms with E-state index in [1.54, 1.807) is 83.4 Å². The zero-order chi connectivity index (χ0) is 37.5. The number of hydrogen-bond donors (Lipinski definition) is 1. The molecule has 3 heterocycles. The molecule has 0 aliphatic carbocycles. The van der Waals surface area contributed by atoms with Crippen LogP contribution in [0.5, 0.6) is 5.75 Å². The summed E-state index contributed by atoms with van der Waals surface area (Å²) in [6.07, 6.45) is -1.51. The highest BCUT2D eigenvalue weighted by Gasteiger charge is 2.62. The van der Waals surface area contributed by atoms with E-state index in [2.05, 4.69) is 20.2 Å². The minimum Gasteiger partial charge on any atom is -0.468 e. The lowest BCUT2D eigenvalue weighted by molar-refractivity contribution is -0.173. The standard InChI is InChI=1S/C33H42N7O10P/c1-20(2)30(41)47-27-26(24-14-15-25-29(36-19-39(6)7)35-18-37-40(24)25)49-33(16-34,28(27)48-31(42)21(3)4)17-46-51(44,38-22(5)32(43)45-8)50-23-12-10-9-11-13-23/h9-15,18-22,26-28H,17H2,1-8H3,(H,38,44)/b36-19+/t22-,26-,27-,28-,33+,51-/m0/s1. The van der Waals surface area contributed by atoms with E-state index in [1.165, 1.54) is 29.9 Å². The van der Waals surface area contributed by atoms with Crippen molar-refractivity contribution >= 4 is 43.3 Å². The predicted molar refractivity (Wildman–Crippen MR) is 182 cm³/mol. The fourth-order valence-electron chi connectivity index (χ4n) is 4.85. The Morgan fingerprint density at radius 3 is 2.35 bits per heavy atom. The number of nitrogens with zero attached hydrogens (tertiary/aromatic N) is 6. The summed E-state index contributed by atoms with van der Waals surface area (Å²) in [4.78, 5) is 49.0. The van der Waals surface area contributed by atoms with Gasteiger partial charge >= 0.3 is 25.7 Å². The van der Waals surface area contributed by atoms with Crippen LogP contribution in [-0.2, 0) is 42.4 Å². The first-order chi connectivity index (χ1) is 24.1. The Bertz CT molecular complexity index is 1830. The summed E-state index contributed by atoms with van der Waals surface area (Å²) in [5.74, 6) is -3.06. The molecule has 17 nitrogen and oxygen atoms in total. The fourth-order valence-corrected chi connectivity index (χ4v) is 6.37. The van der Waals surface area contributed by atoms with Gasteiger partial charge in [0.25, 0.3) is 0 Å². The Morgan fingerprint density at radius 1 is 1.08 bits per heavy atom. The molecule has 0 bridgehead atoms. The number of aliphatic imine (C=N–C) groups is 1. The van der Waals surface area contributed by atoms with Crippen molar-refractivity contribution in [2.75, 3.05) is 27.8 Å². The molecule has 0 unspecified atom stereocenters. The summed E-state index contributed by atoms with van der Waals surface area (Å²) in [6, 6.07) is 12.1. The molecular weight excluding hydrogens is 685 g/mol. The van der Waals surface area contributed by atoms with Crippen LogP contribution in [0.2, 0.25) is 0 Å². The van der Waals surface area contributed by atoms with Gasteiger partial charge in [0.05, 0.1) is 31.0 Å². The van der Waals surface area contributed by atoms with E-state index in [1.807, 2.05) is 6.07 Å². The molecule has 1 N–H and O–H groups in total. The number of esters is 3. The molecule has 1 aromatic carbocycles. The van der Waals surface area contributed by atoms with E-state index in [4.69, 9.17) is 28.0 Å². The van der Waals surface area contributed by atoms with Crippen LogP contribution in [-0.4, -0.2) is 95.4 Å². The van der Waals surface area contributed by atoms with Crippen LogP contribution in [0.1, 0.15) is 46.4 Å². The minimum atomic E-state index is -4.53. The van der Waals surface area contributed by atoms with Crippen molar-refractivity contribution in [1.82, 2.24) is 24.6 Å². The Kier molecular flexibility index (Phi) is 12.5. The van der Waals surface area contributed by atoms with Gasteiger partial charge in [-0.3, -0.25) is 18.9 Å². The van der Waals surface area contributed by atoms with Crippen LogP contribution in [0.15, 0.2) is 53.8 Å². The minimum absolute atomic E-state index is 0.111. The van der Waals surface area contributed by atoms with E-state index in [-0.39, 0.29) is 5.75 Å². The highest BCUT2D eigenvalue weighted by atomic mass is 31.2. The number of fused-ring (bicyclic) bond motifs is 1. The number of methoxy groups -OCH3 is 1. The average Bonchev–Trinajstić information content (AvgIpc) is 3.65. The summed E-state index contributed by atoms with van der Waals surface area (Å²) in [5, 5.41) is 17.7. The lowest BCUT2D eigenvalue weighted by atomic mass is 9.95. The number of para-hydroxylation sites is 1. The highest BCUT2D eigenvalue weighted by molar-refractivity contribution is 7.52. The van der Waals surface area contributed by atoms with Crippen molar-refractivity contribution in [2.24, 2.45) is 16.8 Å². The number of benzene rings is 1. The molecule has 0 radical (unpaired) electrons. The molecule has 1 aliphatic heterocycles. The van der Waals surface area contributed by atoms with Crippen LogP contribution >= 0.6 is 7.75 Å². The highest BCUT2D eigenvalue weighted by Crippen LogP contribution is 2.50. The molecule has 18 heteroatoms. The van der Waals surface area contributed by atoms with Gasteiger partial charge in [-0.2, -0.15) is 15.4 Å². The summed E-state index contributed by atoms with van der Waals surface area (Å²) < 4.78 is 50.3. The van der Waals surface area contributed by atoms with Gasteiger partial charge in [0.1, 0.15) is 42.4 Å². The topological polar surface area (TPSA) is 205 Å². The average molecular weight is 728 g/mol. The second kappa shape index (κ2) is 16.4. The molecule has 0 saturated carbocycles. The zero-order valence-corrected chi connectivity index (χ0v) is 30.5. The summed E-state index contributed by atoms with van der Waals surface area (Å²) in [7, 11) is 0.211. The van der Waals surface area contributed by atoms with Gasteiger partial charge < -0.3 is 28.4 Å². The second-order valence-corrected chi connectivity index (χ2v) is 14.2. The molecule has 0 spiro atoms. The van der Waals surface area contributed by atoms with E-state index >= 15 is 0 Å². The van der Waals surface area contributed by atoms with Gasteiger partial charge in [-0.1, -0.05) is 45.9 Å². The normalized spacial score (nSPS) is 22.0. The van der Waals surface area contributed by atoms with E-state index in [9.17, 15) is 24.2 Å².